The molecule has 0 saturated carbocycles. The molecular weight excluding hydrogens is 299 g/mol. The summed E-state index contributed by atoms with van der Waals surface area (Å²) in [7, 11) is 0. The Morgan fingerprint density at radius 2 is 1.65 bits per heavy atom. The quantitative estimate of drug-likeness (QED) is 0.649. The Hall–Kier alpha value is -2.04. The summed E-state index contributed by atoms with van der Waals surface area (Å²) in [6, 6.07) is 9.53. The summed E-state index contributed by atoms with van der Waals surface area (Å²) in [5.74, 6) is -0.950. The van der Waals surface area contributed by atoms with Crippen molar-refractivity contribution in [3.8, 4) is 0 Å². The lowest BCUT2D eigenvalue weighted by Crippen LogP contribution is -2.29. The number of carbonyl (C=O) groups is 2. The van der Waals surface area contributed by atoms with Gasteiger partial charge in [0.25, 0.3) is 11.8 Å². The van der Waals surface area contributed by atoms with Gasteiger partial charge in [0.2, 0.25) is 0 Å². The van der Waals surface area contributed by atoms with Crippen molar-refractivity contribution in [2.75, 3.05) is 10.6 Å². The van der Waals surface area contributed by atoms with Gasteiger partial charge in [0.05, 0.1) is 26.9 Å². The molecule has 4 nitrogen and oxygen atoms in total. The van der Waals surface area contributed by atoms with E-state index in [0.717, 1.165) is 4.90 Å². The maximum absolute atomic E-state index is 12.4. The van der Waals surface area contributed by atoms with Gasteiger partial charge in [0, 0.05) is 5.69 Å². The molecule has 0 fully saturated rings. The molecule has 2 aromatic rings. The van der Waals surface area contributed by atoms with Gasteiger partial charge in [-0.2, -0.15) is 0 Å². The molecule has 1 aliphatic heterocycles. The number of nitrogens with zero attached hydrogens (tertiary/aromatic N) is 1. The average Bonchev–Trinajstić information content (AvgIpc) is 2.67. The first-order valence-electron chi connectivity index (χ1n) is 5.73. The number of amides is 2. The second-order valence-electron chi connectivity index (χ2n) is 4.29. The zero-order chi connectivity index (χ0) is 14.4. The minimum atomic E-state index is -0.493. The number of nitrogen functional groups attached to an aromatic ring is 1. The zero-order valence-corrected chi connectivity index (χ0v) is 11.6. The van der Waals surface area contributed by atoms with Crippen molar-refractivity contribution >= 4 is 46.4 Å². The maximum atomic E-state index is 12.4. The Balaban J connectivity index is 2.20. The van der Waals surface area contributed by atoms with E-state index in [1.807, 2.05) is 0 Å². The van der Waals surface area contributed by atoms with Gasteiger partial charge in [0.15, 0.2) is 0 Å². The molecule has 1 heterocycles. The Labute approximate surface area is 124 Å². The number of carbonyl (C=O) groups excluding carboxylic acids is 2. The van der Waals surface area contributed by atoms with Gasteiger partial charge < -0.3 is 5.73 Å². The van der Waals surface area contributed by atoms with E-state index >= 15 is 0 Å². The van der Waals surface area contributed by atoms with E-state index in [1.54, 1.807) is 36.4 Å². The van der Waals surface area contributed by atoms with Crippen LogP contribution in [0, 0.1) is 0 Å². The van der Waals surface area contributed by atoms with Crippen LogP contribution < -0.4 is 10.6 Å². The molecule has 0 unspecified atom stereocenters. The molecule has 1 aliphatic rings. The Bertz CT molecular complexity index is 759. The SMILES string of the molecule is Nc1cccc2c1C(=O)N(c1cccc(Cl)c1Cl)C2=O. The number of rotatable bonds is 1. The van der Waals surface area contributed by atoms with Crippen LogP contribution in [0.3, 0.4) is 0 Å². The number of imide groups is 1. The molecule has 100 valence electrons. The molecule has 0 aliphatic carbocycles. The van der Waals surface area contributed by atoms with Gasteiger partial charge >= 0.3 is 0 Å². The predicted molar refractivity (Wildman–Crippen MR) is 78.5 cm³/mol. The summed E-state index contributed by atoms with van der Waals surface area (Å²) in [5.41, 5.74) is 6.77. The summed E-state index contributed by atoms with van der Waals surface area (Å²) < 4.78 is 0. The molecule has 6 heteroatoms. The number of halogens is 2. The third-order valence-corrected chi connectivity index (χ3v) is 3.93. The molecule has 3 rings (SSSR count). The average molecular weight is 307 g/mol. The number of benzene rings is 2. The third-order valence-electron chi connectivity index (χ3n) is 3.12. The molecule has 20 heavy (non-hydrogen) atoms. The van der Waals surface area contributed by atoms with Crippen molar-refractivity contribution in [3.05, 3.63) is 57.6 Å². The highest BCUT2D eigenvalue weighted by Crippen LogP contribution is 2.38. The van der Waals surface area contributed by atoms with Crippen molar-refractivity contribution in [1.82, 2.24) is 0 Å². The van der Waals surface area contributed by atoms with E-state index in [0.29, 0.717) is 0 Å². The molecule has 0 radical (unpaired) electrons. The van der Waals surface area contributed by atoms with Crippen molar-refractivity contribution in [3.63, 3.8) is 0 Å². The normalized spacial score (nSPS) is 13.8. The summed E-state index contributed by atoms with van der Waals surface area (Å²) in [6.45, 7) is 0. The van der Waals surface area contributed by atoms with E-state index in [1.165, 1.54) is 0 Å². The number of nitrogens with two attached hydrogens (primary N) is 1. The van der Waals surface area contributed by atoms with Crippen molar-refractivity contribution in [2.24, 2.45) is 0 Å². The lowest BCUT2D eigenvalue weighted by atomic mass is 10.1. The number of fused-ring (bicyclic) bond motifs is 1. The first-order chi connectivity index (χ1) is 9.52. The van der Waals surface area contributed by atoms with Crippen LogP contribution in [0.15, 0.2) is 36.4 Å². The van der Waals surface area contributed by atoms with Crippen LogP contribution in [0.2, 0.25) is 10.0 Å². The smallest absolute Gasteiger partial charge is 0.268 e. The molecule has 0 saturated heterocycles. The summed E-state index contributed by atoms with van der Waals surface area (Å²) in [6.07, 6.45) is 0. The fourth-order valence-corrected chi connectivity index (χ4v) is 2.58. The highest BCUT2D eigenvalue weighted by molar-refractivity contribution is 6.46. The zero-order valence-electron chi connectivity index (χ0n) is 10.1. The lowest BCUT2D eigenvalue weighted by molar-refractivity contribution is 0.0926. The van der Waals surface area contributed by atoms with Gasteiger partial charge in [-0.1, -0.05) is 35.3 Å². The van der Waals surface area contributed by atoms with Crippen molar-refractivity contribution < 1.29 is 9.59 Å². The summed E-state index contributed by atoms with van der Waals surface area (Å²) >= 11 is 12.0. The molecule has 0 bridgehead atoms. The van der Waals surface area contributed by atoms with Gasteiger partial charge in [-0.25, -0.2) is 4.90 Å². The molecular formula is C14H8Cl2N2O2. The second-order valence-corrected chi connectivity index (χ2v) is 5.07. The molecule has 2 N–H and O–H groups in total. The molecule has 2 amide bonds. The topological polar surface area (TPSA) is 63.4 Å². The van der Waals surface area contributed by atoms with E-state index in [-0.39, 0.29) is 32.5 Å². The van der Waals surface area contributed by atoms with Crippen LogP contribution in [0.1, 0.15) is 20.7 Å². The first kappa shape index (κ1) is 13.0. The van der Waals surface area contributed by atoms with Gasteiger partial charge in [-0.05, 0) is 24.3 Å². The van der Waals surface area contributed by atoms with E-state index in [2.05, 4.69) is 0 Å². The Morgan fingerprint density at radius 1 is 0.950 bits per heavy atom. The van der Waals surface area contributed by atoms with Gasteiger partial charge in [-0.3, -0.25) is 9.59 Å². The van der Waals surface area contributed by atoms with Crippen molar-refractivity contribution in [2.45, 2.75) is 0 Å². The highest BCUT2D eigenvalue weighted by atomic mass is 35.5. The monoisotopic (exact) mass is 306 g/mol. The molecule has 0 atom stereocenters. The fraction of sp³-hybridized carbons (Fsp3) is 0. The van der Waals surface area contributed by atoms with Crippen molar-refractivity contribution in [1.29, 1.82) is 0 Å². The first-order valence-corrected chi connectivity index (χ1v) is 6.49. The van der Waals surface area contributed by atoms with E-state index in [4.69, 9.17) is 28.9 Å². The van der Waals surface area contributed by atoms with E-state index in [9.17, 15) is 9.59 Å². The van der Waals surface area contributed by atoms with Crippen LogP contribution >= 0.6 is 23.2 Å². The molecule has 0 spiro atoms. The van der Waals surface area contributed by atoms with Crippen LogP contribution in [0.25, 0.3) is 0 Å². The summed E-state index contributed by atoms with van der Waals surface area (Å²) in [5, 5.41) is 0.427. The van der Waals surface area contributed by atoms with Crippen LogP contribution in [-0.4, -0.2) is 11.8 Å². The Kier molecular flexibility index (Phi) is 2.92. The number of hydrogen-bond donors (Lipinski definition) is 1. The van der Waals surface area contributed by atoms with Crippen LogP contribution in [-0.2, 0) is 0 Å². The number of anilines is 2. The fourth-order valence-electron chi connectivity index (χ4n) is 2.20. The summed E-state index contributed by atoms with van der Waals surface area (Å²) in [4.78, 5) is 25.8. The van der Waals surface area contributed by atoms with Gasteiger partial charge in [0.1, 0.15) is 0 Å². The largest absolute Gasteiger partial charge is 0.398 e. The maximum Gasteiger partial charge on any atom is 0.268 e. The predicted octanol–water partition coefficient (Wildman–Crippen LogP) is 3.38. The van der Waals surface area contributed by atoms with Crippen LogP contribution in [0.4, 0.5) is 11.4 Å². The second kappa shape index (κ2) is 4.51. The van der Waals surface area contributed by atoms with Gasteiger partial charge in [-0.15, -0.1) is 0 Å². The standard InChI is InChI=1S/C14H8Cl2N2O2/c15-8-4-2-6-10(12(8)16)18-13(19)7-3-1-5-9(17)11(7)14(18)20/h1-6H,17H2. The molecule has 2 aromatic carbocycles. The third kappa shape index (κ3) is 1.69. The Morgan fingerprint density at radius 3 is 2.35 bits per heavy atom. The van der Waals surface area contributed by atoms with Crippen LogP contribution in [0.5, 0.6) is 0 Å². The highest BCUT2D eigenvalue weighted by Gasteiger charge is 2.39. The minimum absolute atomic E-state index is 0.155. The lowest BCUT2D eigenvalue weighted by Gasteiger charge is -2.16. The minimum Gasteiger partial charge on any atom is -0.398 e. The number of hydrogen-bond acceptors (Lipinski definition) is 3. The molecule has 0 aromatic heterocycles. The van der Waals surface area contributed by atoms with E-state index < -0.39 is 11.8 Å².